The lowest BCUT2D eigenvalue weighted by Crippen LogP contribution is -2.31. The Bertz CT molecular complexity index is 895. The monoisotopic (exact) mass is 469 g/mol. The number of hydrogen-bond acceptors (Lipinski definition) is 3. The third-order valence-electron chi connectivity index (χ3n) is 4.99. The summed E-state index contributed by atoms with van der Waals surface area (Å²) in [6, 6.07) is 13.3. The number of phenols is 1. The number of phenolic OH excluding ortho intramolecular Hbond substituents is 1. The molecule has 0 unspecified atom stereocenters. The molecule has 2 aromatic carbocycles. The summed E-state index contributed by atoms with van der Waals surface area (Å²) in [6.07, 6.45) is 5.29. The van der Waals surface area contributed by atoms with Gasteiger partial charge in [0.15, 0.2) is 0 Å². The smallest absolute Gasteiger partial charge is 0.223 e. The van der Waals surface area contributed by atoms with E-state index in [2.05, 4.69) is 36.1 Å². The van der Waals surface area contributed by atoms with Crippen LogP contribution in [-0.2, 0) is 4.79 Å². The van der Waals surface area contributed by atoms with Crippen molar-refractivity contribution in [3.8, 4) is 17.1 Å². The zero-order chi connectivity index (χ0) is 25.9. The van der Waals surface area contributed by atoms with Crippen LogP contribution >= 0.6 is 0 Å². The number of amides is 1. The number of carbonyl (C=O) groups is 1. The van der Waals surface area contributed by atoms with Crippen LogP contribution in [0.3, 0.4) is 0 Å². The van der Waals surface area contributed by atoms with Crippen LogP contribution in [-0.4, -0.2) is 27.5 Å². The molecule has 1 aromatic heterocycles. The van der Waals surface area contributed by atoms with E-state index < -0.39 is 0 Å². The van der Waals surface area contributed by atoms with E-state index in [1.807, 2.05) is 71.0 Å². The van der Waals surface area contributed by atoms with Gasteiger partial charge >= 0.3 is 0 Å². The summed E-state index contributed by atoms with van der Waals surface area (Å²) in [5, 5.41) is 12.8. The topological polar surface area (TPSA) is 78.0 Å². The molecule has 5 heteroatoms. The van der Waals surface area contributed by atoms with E-state index >= 15 is 0 Å². The Balaban J connectivity index is 0.000000578. The Kier molecular flexibility index (Phi) is 17.0. The van der Waals surface area contributed by atoms with Gasteiger partial charge in [-0.05, 0) is 50.5 Å². The van der Waals surface area contributed by atoms with Crippen molar-refractivity contribution in [2.75, 3.05) is 6.54 Å². The summed E-state index contributed by atoms with van der Waals surface area (Å²) < 4.78 is 0. The molecule has 0 aliphatic carbocycles. The van der Waals surface area contributed by atoms with Crippen molar-refractivity contribution < 1.29 is 9.90 Å². The summed E-state index contributed by atoms with van der Waals surface area (Å²) in [4.78, 5) is 19.2. The van der Waals surface area contributed by atoms with Crippen LogP contribution in [0.15, 0.2) is 42.5 Å². The predicted molar refractivity (Wildman–Crippen MR) is 147 cm³/mol. The van der Waals surface area contributed by atoms with E-state index in [9.17, 15) is 9.90 Å². The highest BCUT2D eigenvalue weighted by Gasteiger charge is 2.15. The van der Waals surface area contributed by atoms with Crippen LogP contribution in [0.25, 0.3) is 22.4 Å². The number of aromatic hydroxyl groups is 1. The van der Waals surface area contributed by atoms with Gasteiger partial charge in [0.1, 0.15) is 11.6 Å². The largest absolute Gasteiger partial charge is 0.507 e. The van der Waals surface area contributed by atoms with E-state index in [0.29, 0.717) is 5.82 Å². The van der Waals surface area contributed by atoms with E-state index in [-0.39, 0.29) is 17.6 Å². The molecule has 0 saturated heterocycles. The van der Waals surface area contributed by atoms with E-state index in [4.69, 9.17) is 0 Å². The second kappa shape index (κ2) is 18.6. The maximum absolute atomic E-state index is 11.6. The number of aromatic amines is 1. The van der Waals surface area contributed by atoms with Gasteiger partial charge in [0, 0.05) is 12.5 Å². The quantitative estimate of drug-likeness (QED) is 0.312. The maximum Gasteiger partial charge on any atom is 0.223 e. The minimum absolute atomic E-state index is 0.245. The molecule has 3 rings (SSSR count). The number of para-hydroxylation sites is 2. The number of nitrogens with zero attached hydrogens (tertiary/aromatic N) is 1. The second-order valence-electron chi connectivity index (χ2n) is 7.69. The highest BCUT2D eigenvalue weighted by Crippen LogP contribution is 2.29. The van der Waals surface area contributed by atoms with Gasteiger partial charge in [0.2, 0.25) is 5.91 Å². The lowest BCUT2D eigenvalue weighted by Gasteiger charge is -2.14. The van der Waals surface area contributed by atoms with Crippen molar-refractivity contribution in [1.29, 1.82) is 0 Å². The number of aromatic nitrogens is 2. The van der Waals surface area contributed by atoms with Crippen molar-refractivity contribution in [3.63, 3.8) is 0 Å². The molecular weight excluding hydrogens is 422 g/mol. The number of aryl methyl sites for hydroxylation is 1. The van der Waals surface area contributed by atoms with Crippen molar-refractivity contribution in [2.24, 2.45) is 5.92 Å². The van der Waals surface area contributed by atoms with Crippen LogP contribution in [0.5, 0.6) is 5.75 Å². The highest BCUT2D eigenvalue weighted by molar-refractivity contribution is 5.80. The molecule has 0 radical (unpaired) electrons. The van der Waals surface area contributed by atoms with Crippen LogP contribution < -0.4 is 5.32 Å². The number of imidazole rings is 1. The summed E-state index contributed by atoms with van der Waals surface area (Å²) in [5.41, 5.74) is 3.71. The average molecular weight is 470 g/mol. The fourth-order valence-corrected chi connectivity index (χ4v) is 3.42. The summed E-state index contributed by atoms with van der Waals surface area (Å²) in [5.74, 6) is 1.45. The van der Waals surface area contributed by atoms with E-state index in [1.165, 1.54) is 0 Å². The molecule has 190 valence electrons. The fraction of sp³-hybridized carbons (Fsp3) is 0.517. The third-order valence-corrected chi connectivity index (χ3v) is 4.99. The zero-order valence-electron chi connectivity index (χ0n) is 22.7. The predicted octanol–water partition coefficient (Wildman–Crippen LogP) is 8.03. The maximum atomic E-state index is 11.6. The van der Waals surface area contributed by atoms with Crippen molar-refractivity contribution in [3.05, 3.63) is 48.0 Å². The molecule has 0 aliphatic rings. The molecule has 1 heterocycles. The molecule has 0 saturated carbocycles. The molecule has 1 amide bonds. The van der Waals surface area contributed by atoms with Gasteiger partial charge in [-0.25, -0.2) is 4.98 Å². The summed E-state index contributed by atoms with van der Waals surface area (Å²) in [7, 11) is 0. The number of fused-ring (bicyclic) bond motifs is 1. The molecule has 0 atom stereocenters. The number of H-pyrrole nitrogens is 1. The van der Waals surface area contributed by atoms with Gasteiger partial charge in [-0.15, -0.1) is 0 Å². The van der Waals surface area contributed by atoms with Crippen LogP contribution in [0.4, 0.5) is 0 Å². The molecule has 3 aromatic rings. The van der Waals surface area contributed by atoms with Gasteiger partial charge in [-0.3, -0.25) is 4.79 Å². The molecule has 0 bridgehead atoms. The average Bonchev–Trinajstić information content (AvgIpc) is 3.31. The van der Waals surface area contributed by atoms with Gasteiger partial charge < -0.3 is 15.4 Å². The van der Waals surface area contributed by atoms with E-state index in [0.717, 1.165) is 60.8 Å². The van der Waals surface area contributed by atoms with Gasteiger partial charge in [0.25, 0.3) is 0 Å². The van der Waals surface area contributed by atoms with Crippen molar-refractivity contribution >= 4 is 16.9 Å². The Labute approximate surface area is 207 Å². The SMILES string of the molecule is CC.CC.CCCNC(=O)C(CCC)CCC.Cc1ccc(O)c(-c2nc3ccccc3[nH]2)c1. The molecule has 34 heavy (non-hydrogen) atoms. The van der Waals surface area contributed by atoms with Crippen LogP contribution in [0.2, 0.25) is 0 Å². The Morgan fingerprint density at radius 3 is 2.15 bits per heavy atom. The molecular formula is C29H47N3O2. The first-order chi connectivity index (χ1) is 16.5. The summed E-state index contributed by atoms with van der Waals surface area (Å²) in [6.45, 7) is 17.2. The fourth-order valence-electron chi connectivity index (χ4n) is 3.42. The van der Waals surface area contributed by atoms with Gasteiger partial charge in [-0.1, -0.05) is 85.1 Å². The Morgan fingerprint density at radius 1 is 0.971 bits per heavy atom. The molecule has 0 spiro atoms. The van der Waals surface area contributed by atoms with Gasteiger partial charge in [0.05, 0.1) is 16.6 Å². The third kappa shape index (κ3) is 10.4. The standard InChI is InChI=1S/C14H12N2O.C11H23NO.2C2H6/c1-9-6-7-13(17)10(8-9)14-15-11-4-2-3-5-12(11)16-14;1-4-7-10(8-5-2)11(13)12-9-6-3;2*1-2/h2-8,17H,1H3,(H,15,16);10H,4-9H2,1-3H3,(H,12,13);2*1-2H3. The van der Waals surface area contributed by atoms with Crippen LogP contribution in [0.1, 0.15) is 86.1 Å². The highest BCUT2D eigenvalue weighted by atomic mass is 16.3. The first-order valence-corrected chi connectivity index (χ1v) is 13.0. The molecule has 0 fully saturated rings. The van der Waals surface area contributed by atoms with Crippen molar-refractivity contribution in [1.82, 2.24) is 15.3 Å². The molecule has 5 nitrogen and oxygen atoms in total. The number of nitrogens with one attached hydrogen (secondary N) is 2. The minimum Gasteiger partial charge on any atom is -0.507 e. The minimum atomic E-state index is 0.245. The summed E-state index contributed by atoms with van der Waals surface area (Å²) >= 11 is 0. The first kappa shape index (κ1) is 31.2. The normalized spacial score (nSPS) is 9.79. The number of rotatable bonds is 8. The molecule has 3 N–H and O–H groups in total. The Morgan fingerprint density at radius 2 is 1.59 bits per heavy atom. The lowest BCUT2D eigenvalue weighted by molar-refractivity contribution is -0.125. The van der Waals surface area contributed by atoms with Crippen molar-refractivity contribution in [2.45, 2.75) is 87.5 Å². The van der Waals surface area contributed by atoms with E-state index in [1.54, 1.807) is 6.07 Å². The Hall–Kier alpha value is -2.82. The first-order valence-electron chi connectivity index (χ1n) is 13.0. The zero-order valence-corrected chi connectivity index (χ0v) is 22.7. The van der Waals surface area contributed by atoms with Gasteiger partial charge in [-0.2, -0.15) is 0 Å². The number of hydrogen-bond donors (Lipinski definition) is 3. The molecule has 0 aliphatic heterocycles. The number of carbonyl (C=O) groups excluding carboxylic acids is 1. The van der Waals surface area contributed by atoms with Crippen LogP contribution in [0, 0.1) is 12.8 Å². The second-order valence-corrected chi connectivity index (χ2v) is 7.69. The lowest BCUT2D eigenvalue weighted by atomic mass is 9.97. The number of benzene rings is 2.